The Balaban J connectivity index is 2.39. The highest BCUT2D eigenvalue weighted by Gasteiger charge is 2.13. The van der Waals surface area contributed by atoms with Gasteiger partial charge in [-0.1, -0.05) is 0 Å². The van der Waals surface area contributed by atoms with Crippen LogP contribution in [0.5, 0.6) is 5.75 Å². The first kappa shape index (κ1) is 14.0. The number of hydrogen-bond donors (Lipinski definition) is 1. The van der Waals surface area contributed by atoms with E-state index in [-0.39, 0.29) is 5.97 Å². The lowest BCUT2D eigenvalue weighted by Gasteiger charge is -2.16. The van der Waals surface area contributed by atoms with Crippen molar-refractivity contribution >= 4 is 17.5 Å². The summed E-state index contributed by atoms with van der Waals surface area (Å²) in [7, 11) is 0. The van der Waals surface area contributed by atoms with Crippen LogP contribution in [-0.4, -0.2) is 15.9 Å². The highest BCUT2D eigenvalue weighted by atomic mass is 16.5. The molecule has 1 aromatic carbocycles. The van der Waals surface area contributed by atoms with Crippen LogP contribution in [0.2, 0.25) is 0 Å². The smallest absolute Gasteiger partial charge is 0.308 e. The number of anilines is 2. The van der Waals surface area contributed by atoms with Gasteiger partial charge in [-0.2, -0.15) is 0 Å². The Kier molecular flexibility index (Phi) is 3.98. The molecule has 0 aliphatic rings. The molecular formula is C15H17N3O2. The van der Waals surface area contributed by atoms with Gasteiger partial charge in [0.05, 0.1) is 6.20 Å². The standard InChI is InChI=1S/C15H17N3O2/c1-9-7-13(18-14-8-16-5-6-17-14)10(2)11(3)15(9)20-12(4)19/h5-8H,1-4H3,(H,17,18). The Morgan fingerprint density at radius 1 is 1.20 bits per heavy atom. The Morgan fingerprint density at radius 2 is 1.95 bits per heavy atom. The summed E-state index contributed by atoms with van der Waals surface area (Å²) in [6.07, 6.45) is 4.91. The van der Waals surface area contributed by atoms with E-state index in [0.29, 0.717) is 11.6 Å². The van der Waals surface area contributed by atoms with Crippen LogP contribution in [0.4, 0.5) is 11.5 Å². The zero-order valence-electron chi connectivity index (χ0n) is 12.0. The van der Waals surface area contributed by atoms with E-state index in [0.717, 1.165) is 22.4 Å². The molecule has 1 aromatic heterocycles. The van der Waals surface area contributed by atoms with Crippen molar-refractivity contribution in [2.75, 3.05) is 5.32 Å². The van der Waals surface area contributed by atoms with Crippen molar-refractivity contribution in [3.8, 4) is 5.75 Å². The van der Waals surface area contributed by atoms with Gasteiger partial charge in [-0.05, 0) is 43.5 Å². The number of carbonyl (C=O) groups is 1. The van der Waals surface area contributed by atoms with E-state index in [2.05, 4.69) is 15.3 Å². The average molecular weight is 271 g/mol. The van der Waals surface area contributed by atoms with Crippen LogP contribution in [0.3, 0.4) is 0 Å². The molecule has 2 rings (SSSR count). The summed E-state index contributed by atoms with van der Waals surface area (Å²) in [5.74, 6) is 0.986. The fourth-order valence-electron chi connectivity index (χ4n) is 1.99. The second-order valence-corrected chi connectivity index (χ2v) is 4.63. The molecule has 0 atom stereocenters. The van der Waals surface area contributed by atoms with Crippen molar-refractivity contribution in [1.29, 1.82) is 0 Å². The summed E-state index contributed by atoms with van der Waals surface area (Å²) < 4.78 is 5.27. The number of benzene rings is 1. The fourth-order valence-corrected chi connectivity index (χ4v) is 1.99. The zero-order chi connectivity index (χ0) is 14.7. The van der Waals surface area contributed by atoms with E-state index in [1.807, 2.05) is 26.8 Å². The number of aryl methyl sites for hydroxylation is 1. The maximum atomic E-state index is 11.1. The first-order chi connectivity index (χ1) is 9.49. The normalized spacial score (nSPS) is 10.2. The number of aromatic nitrogens is 2. The van der Waals surface area contributed by atoms with Crippen molar-refractivity contribution in [1.82, 2.24) is 9.97 Å². The summed E-state index contributed by atoms with van der Waals surface area (Å²) in [5.41, 5.74) is 3.77. The van der Waals surface area contributed by atoms with Crippen LogP contribution in [0.15, 0.2) is 24.7 Å². The van der Waals surface area contributed by atoms with Gasteiger partial charge in [0, 0.05) is 25.0 Å². The molecule has 0 saturated heterocycles. The van der Waals surface area contributed by atoms with E-state index in [9.17, 15) is 4.79 Å². The van der Waals surface area contributed by atoms with Crippen LogP contribution in [-0.2, 0) is 4.79 Å². The van der Waals surface area contributed by atoms with Gasteiger partial charge >= 0.3 is 5.97 Å². The fraction of sp³-hybridized carbons (Fsp3) is 0.267. The molecule has 1 N–H and O–H groups in total. The number of hydrogen-bond acceptors (Lipinski definition) is 5. The lowest BCUT2D eigenvalue weighted by molar-refractivity contribution is -0.131. The van der Waals surface area contributed by atoms with E-state index in [1.165, 1.54) is 6.92 Å². The quantitative estimate of drug-likeness (QED) is 0.686. The number of nitrogens with zero attached hydrogens (tertiary/aromatic N) is 2. The summed E-state index contributed by atoms with van der Waals surface area (Å²) in [6.45, 7) is 7.22. The number of esters is 1. The molecule has 0 radical (unpaired) electrons. The number of nitrogens with one attached hydrogen (secondary N) is 1. The van der Waals surface area contributed by atoms with Crippen molar-refractivity contribution in [3.05, 3.63) is 41.3 Å². The summed E-state index contributed by atoms with van der Waals surface area (Å²) in [6, 6.07) is 1.94. The molecule has 5 heteroatoms. The Labute approximate surface area is 118 Å². The molecule has 104 valence electrons. The molecule has 0 spiro atoms. The molecule has 0 bridgehead atoms. The molecule has 20 heavy (non-hydrogen) atoms. The van der Waals surface area contributed by atoms with Crippen molar-refractivity contribution in [2.24, 2.45) is 0 Å². The van der Waals surface area contributed by atoms with Gasteiger partial charge in [-0.25, -0.2) is 4.98 Å². The third-order valence-electron chi connectivity index (χ3n) is 3.10. The molecule has 0 aliphatic heterocycles. The van der Waals surface area contributed by atoms with E-state index in [1.54, 1.807) is 18.6 Å². The minimum atomic E-state index is -0.315. The first-order valence-electron chi connectivity index (χ1n) is 6.31. The van der Waals surface area contributed by atoms with Gasteiger partial charge < -0.3 is 10.1 Å². The van der Waals surface area contributed by atoms with Gasteiger partial charge in [-0.3, -0.25) is 9.78 Å². The van der Waals surface area contributed by atoms with Crippen LogP contribution >= 0.6 is 0 Å². The van der Waals surface area contributed by atoms with Crippen molar-refractivity contribution < 1.29 is 9.53 Å². The minimum Gasteiger partial charge on any atom is -0.426 e. The zero-order valence-corrected chi connectivity index (χ0v) is 12.0. The summed E-state index contributed by atoms with van der Waals surface area (Å²) in [5, 5.41) is 3.22. The third kappa shape index (κ3) is 2.93. The highest BCUT2D eigenvalue weighted by Crippen LogP contribution is 2.32. The molecule has 0 unspecified atom stereocenters. The van der Waals surface area contributed by atoms with E-state index < -0.39 is 0 Å². The number of ether oxygens (including phenoxy) is 1. The predicted octanol–water partition coefficient (Wildman–Crippen LogP) is 3.07. The monoisotopic (exact) mass is 271 g/mol. The van der Waals surface area contributed by atoms with Crippen LogP contribution in [0.1, 0.15) is 23.6 Å². The second kappa shape index (κ2) is 5.69. The van der Waals surface area contributed by atoms with Crippen molar-refractivity contribution in [2.45, 2.75) is 27.7 Å². The van der Waals surface area contributed by atoms with Gasteiger partial charge in [0.15, 0.2) is 0 Å². The Hall–Kier alpha value is -2.43. The van der Waals surface area contributed by atoms with Gasteiger partial charge in [0.1, 0.15) is 11.6 Å². The van der Waals surface area contributed by atoms with Crippen LogP contribution in [0, 0.1) is 20.8 Å². The lowest BCUT2D eigenvalue weighted by Crippen LogP contribution is -2.07. The molecule has 2 aromatic rings. The van der Waals surface area contributed by atoms with Crippen molar-refractivity contribution in [3.63, 3.8) is 0 Å². The first-order valence-corrected chi connectivity index (χ1v) is 6.31. The largest absolute Gasteiger partial charge is 0.426 e. The van der Waals surface area contributed by atoms with Crippen LogP contribution in [0.25, 0.3) is 0 Å². The van der Waals surface area contributed by atoms with E-state index in [4.69, 9.17) is 4.74 Å². The Morgan fingerprint density at radius 3 is 2.55 bits per heavy atom. The third-order valence-corrected chi connectivity index (χ3v) is 3.10. The number of rotatable bonds is 3. The molecule has 0 amide bonds. The molecular weight excluding hydrogens is 254 g/mol. The molecule has 0 aliphatic carbocycles. The van der Waals surface area contributed by atoms with Gasteiger partial charge in [0.25, 0.3) is 0 Å². The minimum absolute atomic E-state index is 0.315. The Bertz CT molecular complexity index is 639. The summed E-state index contributed by atoms with van der Waals surface area (Å²) in [4.78, 5) is 19.4. The summed E-state index contributed by atoms with van der Waals surface area (Å²) >= 11 is 0. The molecule has 5 nitrogen and oxygen atoms in total. The van der Waals surface area contributed by atoms with Crippen LogP contribution < -0.4 is 10.1 Å². The second-order valence-electron chi connectivity index (χ2n) is 4.63. The average Bonchev–Trinajstić information content (AvgIpc) is 2.42. The SMILES string of the molecule is CC(=O)Oc1c(C)cc(Nc2cnccn2)c(C)c1C. The maximum absolute atomic E-state index is 11.1. The van der Waals surface area contributed by atoms with E-state index >= 15 is 0 Å². The molecule has 0 saturated carbocycles. The van der Waals surface area contributed by atoms with Gasteiger partial charge in [-0.15, -0.1) is 0 Å². The molecule has 0 fully saturated rings. The maximum Gasteiger partial charge on any atom is 0.308 e. The highest BCUT2D eigenvalue weighted by molar-refractivity contribution is 5.73. The predicted molar refractivity (Wildman–Crippen MR) is 77.3 cm³/mol. The topological polar surface area (TPSA) is 64.1 Å². The number of carbonyl (C=O) groups excluding carboxylic acids is 1. The lowest BCUT2D eigenvalue weighted by atomic mass is 10.0. The molecule has 1 heterocycles. The van der Waals surface area contributed by atoms with Gasteiger partial charge in [0.2, 0.25) is 0 Å².